The van der Waals surface area contributed by atoms with E-state index in [2.05, 4.69) is 60.7 Å². The van der Waals surface area contributed by atoms with Crippen LogP contribution < -0.4 is 9.47 Å². The maximum Gasteiger partial charge on any atom is 0.169 e. The van der Waals surface area contributed by atoms with Gasteiger partial charge < -0.3 is 19.7 Å². The minimum absolute atomic E-state index is 0.0819. The van der Waals surface area contributed by atoms with E-state index in [1.54, 1.807) is 6.07 Å². The highest BCUT2D eigenvalue weighted by molar-refractivity contribution is 5.77. The number of para-hydroxylation sites is 1. The summed E-state index contributed by atoms with van der Waals surface area (Å²) in [4.78, 5) is 0. The van der Waals surface area contributed by atoms with Gasteiger partial charge in [-0.05, 0) is 33.9 Å². The Kier molecular flexibility index (Phi) is 7.18. The summed E-state index contributed by atoms with van der Waals surface area (Å²) >= 11 is 0. The summed E-state index contributed by atoms with van der Waals surface area (Å²) in [6.07, 6.45) is 0. The van der Waals surface area contributed by atoms with Crippen molar-refractivity contribution in [2.75, 3.05) is 26.4 Å². The summed E-state index contributed by atoms with van der Waals surface area (Å²) in [6, 6.07) is 32.8. The van der Waals surface area contributed by atoms with Crippen molar-refractivity contribution in [3.05, 3.63) is 97.1 Å². The molecule has 0 spiro atoms. The Labute approximate surface area is 188 Å². The van der Waals surface area contributed by atoms with Crippen LogP contribution >= 0.6 is 0 Å². The van der Waals surface area contributed by atoms with Gasteiger partial charge in [0.15, 0.2) is 11.5 Å². The molecule has 0 amide bonds. The van der Waals surface area contributed by atoms with Gasteiger partial charge in [-0.15, -0.1) is 0 Å². The van der Waals surface area contributed by atoms with Gasteiger partial charge in [-0.3, -0.25) is 0 Å². The smallest absolute Gasteiger partial charge is 0.169 e. The molecule has 2 N–H and O–H groups in total. The molecule has 0 fully saturated rings. The molecule has 0 aliphatic heterocycles. The van der Waals surface area contributed by atoms with Gasteiger partial charge in [-0.2, -0.15) is 0 Å². The molecule has 4 rings (SSSR count). The van der Waals surface area contributed by atoms with Crippen molar-refractivity contribution in [1.82, 2.24) is 0 Å². The molecule has 0 aliphatic rings. The molecule has 0 unspecified atom stereocenters. The number of aliphatic hydroxyl groups excluding tert-OH is 2. The van der Waals surface area contributed by atoms with E-state index in [9.17, 15) is 5.11 Å². The zero-order valence-electron chi connectivity index (χ0n) is 17.8. The fourth-order valence-electron chi connectivity index (χ4n) is 3.64. The van der Waals surface area contributed by atoms with E-state index in [0.29, 0.717) is 11.5 Å². The van der Waals surface area contributed by atoms with Crippen LogP contribution in [-0.4, -0.2) is 36.6 Å². The average Bonchev–Trinajstić information content (AvgIpc) is 2.87. The number of hydrogen-bond donors (Lipinski definition) is 2. The highest BCUT2D eigenvalue weighted by Crippen LogP contribution is 2.39. The normalized spacial score (nSPS) is 10.7. The number of hydrogen-bond acceptors (Lipinski definition) is 4. The lowest BCUT2D eigenvalue weighted by Gasteiger charge is -2.16. The molecular formula is C28H26O4. The Morgan fingerprint density at radius 2 is 0.969 bits per heavy atom. The first kappa shape index (κ1) is 21.6. The maximum atomic E-state index is 9.20. The van der Waals surface area contributed by atoms with Crippen molar-refractivity contribution in [2.45, 2.75) is 0 Å². The molecule has 0 bridgehead atoms. The predicted molar refractivity (Wildman–Crippen MR) is 128 cm³/mol. The Bertz CT molecular complexity index is 1120. The minimum atomic E-state index is -0.0916. The molecule has 4 aromatic rings. The van der Waals surface area contributed by atoms with Crippen LogP contribution in [0, 0.1) is 0 Å². The molecule has 0 aliphatic carbocycles. The number of aliphatic hydroxyl groups is 2. The SMILES string of the molecule is OCCOc1cccc(-c2ccc(-c3ccc(-c4ccccc4)cc3)cc2)c1OCCO. The topological polar surface area (TPSA) is 58.9 Å². The fourth-order valence-corrected chi connectivity index (χ4v) is 3.64. The van der Waals surface area contributed by atoms with Gasteiger partial charge in [0.25, 0.3) is 0 Å². The minimum Gasteiger partial charge on any atom is -0.487 e. The van der Waals surface area contributed by atoms with E-state index in [1.807, 2.05) is 30.3 Å². The lowest BCUT2D eigenvalue weighted by molar-refractivity contribution is 0.179. The summed E-state index contributed by atoms with van der Waals surface area (Å²) < 4.78 is 11.4. The molecule has 0 saturated heterocycles. The van der Waals surface area contributed by atoms with E-state index in [1.165, 1.54) is 11.1 Å². The Balaban J connectivity index is 1.60. The number of benzene rings is 4. The standard InChI is InChI=1S/C28H26O4/c29-17-19-31-27-8-4-7-26(28(27)32-20-18-30)25-15-13-24(14-16-25)23-11-9-22(10-12-23)21-5-2-1-3-6-21/h1-16,29-30H,17-20H2. The van der Waals surface area contributed by atoms with Crippen molar-refractivity contribution in [3.8, 4) is 44.9 Å². The third kappa shape index (κ3) is 4.99. The van der Waals surface area contributed by atoms with Crippen LogP contribution in [0.15, 0.2) is 97.1 Å². The molecular weight excluding hydrogens is 400 g/mol. The summed E-state index contributed by atoms with van der Waals surface area (Å²) in [7, 11) is 0. The van der Waals surface area contributed by atoms with Crippen molar-refractivity contribution < 1.29 is 19.7 Å². The van der Waals surface area contributed by atoms with Crippen LogP contribution in [-0.2, 0) is 0 Å². The molecule has 4 nitrogen and oxygen atoms in total. The van der Waals surface area contributed by atoms with Crippen LogP contribution in [0.2, 0.25) is 0 Å². The van der Waals surface area contributed by atoms with E-state index in [4.69, 9.17) is 14.6 Å². The van der Waals surface area contributed by atoms with Gasteiger partial charge in [0.2, 0.25) is 0 Å². The van der Waals surface area contributed by atoms with E-state index in [0.717, 1.165) is 22.3 Å². The second-order valence-electron chi connectivity index (χ2n) is 7.30. The highest BCUT2D eigenvalue weighted by Gasteiger charge is 2.13. The van der Waals surface area contributed by atoms with Gasteiger partial charge in [0.05, 0.1) is 13.2 Å². The number of rotatable bonds is 9. The molecule has 0 saturated carbocycles. The summed E-state index contributed by atoms with van der Waals surface area (Å²) in [6.45, 7) is 0.169. The second-order valence-corrected chi connectivity index (χ2v) is 7.30. The quantitative estimate of drug-likeness (QED) is 0.375. The van der Waals surface area contributed by atoms with Crippen molar-refractivity contribution >= 4 is 0 Å². The van der Waals surface area contributed by atoms with E-state index >= 15 is 0 Å². The van der Waals surface area contributed by atoms with Crippen LogP contribution in [0.3, 0.4) is 0 Å². The lowest BCUT2D eigenvalue weighted by Crippen LogP contribution is -2.07. The van der Waals surface area contributed by atoms with Crippen LogP contribution in [0.5, 0.6) is 11.5 Å². The molecule has 0 atom stereocenters. The van der Waals surface area contributed by atoms with Gasteiger partial charge >= 0.3 is 0 Å². The van der Waals surface area contributed by atoms with Crippen LogP contribution in [0.4, 0.5) is 0 Å². The van der Waals surface area contributed by atoms with E-state index in [-0.39, 0.29) is 26.4 Å². The maximum absolute atomic E-state index is 9.20. The molecule has 0 aromatic heterocycles. The summed E-state index contributed by atoms with van der Waals surface area (Å²) in [5.74, 6) is 1.11. The Morgan fingerprint density at radius 3 is 1.53 bits per heavy atom. The largest absolute Gasteiger partial charge is 0.487 e. The zero-order valence-corrected chi connectivity index (χ0v) is 17.8. The lowest BCUT2D eigenvalue weighted by atomic mass is 9.97. The number of ether oxygens (including phenoxy) is 2. The third-order valence-corrected chi connectivity index (χ3v) is 5.19. The molecule has 0 radical (unpaired) electrons. The first-order valence-corrected chi connectivity index (χ1v) is 10.7. The fraction of sp³-hybridized carbons (Fsp3) is 0.143. The average molecular weight is 427 g/mol. The second kappa shape index (κ2) is 10.6. The van der Waals surface area contributed by atoms with Gasteiger partial charge in [-0.1, -0.05) is 91.0 Å². The highest BCUT2D eigenvalue weighted by atomic mass is 16.5. The van der Waals surface area contributed by atoms with Gasteiger partial charge in [-0.25, -0.2) is 0 Å². The summed E-state index contributed by atoms with van der Waals surface area (Å²) in [5.41, 5.74) is 6.52. The van der Waals surface area contributed by atoms with Crippen molar-refractivity contribution in [3.63, 3.8) is 0 Å². The Hall–Kier alpha value is -3.60. The Morgan fingerprint density at radius 1 is 0.469 bits per heavy atom. The molecule has 0 heterocycles. The van der Waals surface area contributed by atoms with Crippen molar-refractivity contribution in [1.29, 1.82) is 0 Å². The summed E-state index contributed by atoms with van der Waals surface area (Å²) in [5, 5.41) is 18.3. The first-order chi connectivity index (χ1) is 15.8. The van der Waals surface area contributed by atoms with Gasteiger partial charge in [0.1, 0.15) is 13.2 Å². The van der Waals surface area contributed by atoms with Crippen LogP contribution in [0.25, 0.3) is 33.4 Å². The molecule has 4 heteroatoms. The van der Waals surface area contributed by atoms with Crippen LogP contribution in [0.1, 0.15) is 0 Å². The zero-order chi connectivity index (χ0) is 22.2. The predicted octanol–water partition coefficient (Wildman–Crippen LogP) is 5.43. The molecule has 4 aromatic carbocycles. The first-order valence-electron chi connectivity index (χ1n) is 10.7. The molecule has 32 heavy (non-hydrogen) atoms. The monoisotopic (exact) mass is 426 g/mol. The molecule has 162 valence electrons. The van der Waals surface area contributed by atoms with Gasteiger partial charge in [0, 0.05) is 5.56 Å². The van der Waals surface area contributed by atoms with E-state index < -0.39 is 0 Å². The van der Waals surface area contributed by atoms with Crippen molar-refractivity contribution in [2.24, 2.45) is 0 Å². The third-order valence-electron chi connectivity index (χ3n) is 5.19.